The Morgan fingerprint density at radius 1 is 1.36 bits per heavy atom. The molecular weight excluding hydrogens is 183 g/mol. The van der Waals surface area contributed by atoms with Gasteiger partial charge in [0.15, 0.2) is 0 Å². The van der Waals surface area contributed by atoms with E-state index < -0.39 is 0 Å². The molecule has 0 aliphatic heterocycles. The summed E-state index contributed by atoms with van der Waals surface area (Å²) in [6.45, 7) is 3.11. The molecule has 0 saturated carbocycles. The first-order chi connectivity index (χ1) is 4.20. The van der Waals surface area contributed by atoms with Gasteiger partial charge in [0.25, 0.3) is 0 Å². The topological polar surface area (TPSA) is 27.1 Å². The zero-order chi connectivity index (χ0) is 7.28. The Labute approximate surface area is 81.7 Å². The fraction of sp³-hybridized carbons (Fsp3) is 0.857. The van der Waals surface area contributed by atoms with Crippen LogP contribution in [0.15, 0.2) is 0 Å². The molecule has 0 amide bonds. The molecule has 0 unspecified atom stereocenters. The van der Waals surface area contributed by atoms with Crippen LogP contribution in [0.1, 0.15) is 13.3 Å². The number of rotatable bonds is 4. The summed E-state index contributed by atoms with van der Waals surface area (Å²) in [5, 5.41) is 7.00. The van der Waals surface area contributed by atoms with Crippen molar-refractivity contribution in [2.45, 2.75) is 13.3 Å². The third kappa shape index (κ3) is 10.2. The second-order valence-electron chi connectivity index (χ2n) is 2.60. The summed E-state index contributed by atoms with van der Waals surface area (Å²) in [5.74, 6) is 0.444. The van der Waals surface area contributed by atoms with Crippen LogP contribution in [0.2, 0.25) is 0 Å². The normalized spacial score (nSPS) is 11.3. The highest BCUT2D eigenvalue weighted by atomic mass is 35.5. The average Bonchev–Trinajstić information content (AvgIpc) is 1.82. The lowest BCUT2D eigenvalue weighted by Gasteiger charge is -2.14. The molecule has 1 atom stereocenters. The Balaban J connectivity index is -0.000000320. The molecule has 2 nitrogen and oxygen atoms in total. The van der Waals surface area contributed by atoms with Gasteiger partial charge in [0.1, 0.15) is 0 Å². The van der Waals surface area contributed by atoms with E-state index in [1.165, 1.54) is 6.21 Å². The largest absolute Gasteiger partial charge is 0.313 e. The van der Waals surface area contributed by atoms with E-state index in [1.54, 1.807) is 0 Å². The number of halogens is 2. The summed E-state index contributed by atoms with van der Waals surface area (Å²) in [4.78, 5) is 2.11. The molecule has 0 heterocycles. The molecule has 4 heteroatoms. The first-order valence-corrected chi connectivity index (χ1v) is 3.36. The van der Waals surface area contributed by atoms with E-state index in [2.05, 4.69) is 11.8 Å². The van der Waals surface area contributed by atoms with Crippen LogP contribution in [0.4, 0.5) is 0 Å². The molecule has 0 bridgehead atoms. The van der Waals surface area contributed by atoms with Crippen molar-refractivity contribution in [1.82, 2.24) is 4.90 Å². The van der Waals surface area contributed by atoms with Crippen molar-refractivity contribution < 1.29 is 0 Å². The Morgan fingerprint density at radius 2 is 1.82 bits per heavy atom. The zero-order valence-electron chi connectivity index (χ0n) is 7.33. The smallest absolute Gasteiger partial charge is 0.00599 e. The van der Waals surface area contributed by atoms with E-state index in [0.29, 0.717) is 5.92 Å². The lowest BCUT2D eigenvalue weighted by Crippen LogP contribution is -2.21. The van der Waals surface area contributed by atoms with Gasteiger partial charge in [-0.25, -0.2) is 0 Å². The summed E-state index contributed by atoms with van der Waals surface area (Å²) in [7, 11) is 4.07. The van der Waals surface area contributed by atoms with Crippen LogP contribution in [0, 0.1) is 11.3 Å². The van der Waals surface area contributed by atoms with Crippen molar-refractivity contribution in [3.8, 4) is 0 Å². The monoisotopic (exact) mass is 200 g/mol. The maximum Gasteiger partial charge on any atom is 0.00599 e. The quantitative estimate of drug-likeness (QED) is 0.692. The third-order valence-electron chi connectivity index (χ3n) is 1.36. The number of hydrogen-bond acceptors (Lipinski definition) is 2. The Morgan fingerprint density at radius 3 is 1.91 bits per heavy atom. The highest BCUT2D eigenvalue weighted by Gasteiger charge is 2.01. The van der Waals surface area contributed by atoms with Crippen molar-refractivity contribution in [3.05, 3.63) is 0 Å². The first-order valence-electron chi connectivity index (χ1n) is 3.36. The average molecular weight is 201 g/mol. The molecule has 0 rings (SSSR count). The SMILES string of the molecule is CC[C@H](C=N)CN(C)C.Cl.Cl. The van der Waals surface area contributed by atoms with Gasteiger partial charge in [-0.15, -0.1) is 24.8 Å². The minimum atomic E-state index is 0. The second-order valence-corrected chi connectivity index (χ2v) is 2.60. The fourth-order valence-corrected chi connectivity index (χ4v) is 0.769. The summed E-state index contributed by atoms with van der Waals surface area (Å²) >= 11 is 0. The van der Waals surface area contributed by atoms with Crippen LogP contribution in [0.25, 0.3) is 0 Å². The van der Waals surface area contributed by atoms with Crippen LogP contribution in [-0.2, 0) is 0 Å². The lowest BCUT2D eigenvalue weighted by atomic mass is 10.1. The molecule has 70 valence electrons. The molecule has 0 saturated heterocycles. The summed E-state index contributed by atoms with van der Waals surface area (Å²) in [5.41, 5.74) is 0. The van der Waals surface area contributed by atoms with Crippen molar-refractivity contribution >= 4 is 31.0 Å². The molecule has 11 heavy (non-hydrogen) atoms. The van der Waals surface area contributed by atoms with Gasteiger partial charge in [-0.2, -0.15) is 0 Å². The highest BCUT2D eigenvalue weighted by Crippen LogP contribution is 1.98. The molecule has 0 fully saturated rings. The van der Waals surface area contributed by atoms with Crippen molar-refractivity contribution in [3.63, 3.8) is 0 Å². The Hall–Kier alpha value is 0.210. The predicted molar refractivity (Wildman–Crippen MR) is 55.6 cm³/mol. The Kier molecular flexibility index (Phi) is 16.1. The lowest BCUT2D eigenvalue weighted by molar-refractivity contribution is 0.367. The molecular formula is C7H18Cl2N2. The fourth-order valence-electron chi connectivity index (χ4n) is 0.769. The van der Waals surface area contributed by atoms with Gasteiger partial charge in [-0.3, -0.25) is 0 Å². The summed E-state index contributed by atoms with van der Waals surface area (Å²) < 4.78 is 0. The second kappa shape index (κ2) is 10.2. The van der Waals surface area contributed by atoms with Crippen LogP contribution in [-0.4, -0.2) is 31.8 Å². The number of nitrogens with zero attached hydrogens (tertiary/aromatic N) is 1. The van der Waals surface area contributed by atoms with Crippen LogP contribution < -0.4 is 0 Å². The van der Waals surface area contributed by atoms with E-state index in [-0.39, 0.29) is 24.8 Å². The number of nitrogens with one attached hydrogen (secondary N) is 1. The first kappa shape index (κ1) is 17.3. The molecule has 0 spiro atoms. The van der Waals surface area contributed by atoms with Crippen molar-refractivity contribution in [2.75, 3.05) is 20.6 Å². The molecule has 0 aromatic heterocycles. The molecule has 1 N–H and O–H groups in total. The summed E-state index contributed by atoms with van der Waals surface area (Å²) in [6, 6.07) is 0. The molecule has 0 aromatic carbocycles. The van der Waals surface area contributed by atoms with Gasteiger partial charge in [-0.05, 0) is 26.7 Å². The minimum Gasteiger partial charge on any atom is -0.313 e. The van der Waals surface area contributed by atoms with Crippen LogP contribution in [0.3, 0.4) is 0 Å². The van der Waals surface area contributed by atoms with Crippen LogP contribution in [0.5, 0.6) is 0 Å². The molecule has 0 radical (unpaired) electrons. The van der Waals surface area contributed by atoms with Gasteiger partial charge >= 0.3 is 0 Å². The molecule has 0 aromatic rings. The maximum atomic E-state index is 7.00. The predicted octanol–water partition coefficient (Wildman–Crippen LogP) is 2.07. The van der Waals surface area contributed by atoms with E-state index in [0.717, 1.165) is 13.0 Å². The van der Waals surface area contributed by atoms with E-state index in [4.69, 9.17) is 5.41 Å². The Bertz CT molecular complexity index is 86.5. The van der Waals surface area contributed by atoms with Gasteiger partial charge < -0.3 is 10.3 Å². The van der Waals surface area contributed by atoms with Crippen molar-refractivity contribution in [2.24, 2.45) is 5.92 Å². The van der Waals surface area contributed by atoms with Crippen LogP contribution >= 0.6 is 24.8 Å². The van der Waals surface area contributed by atoms with E-state index in [9.17, 15) is 0 Å². The van der Waals surface area contributed by atoms with Gasteiger partial charge in [0, 0.05) is 12.5 Å². The van der Waals surface area contributed by atoms with E-state index in [1.807, 2.05) is 14.1 Å². The van der Waals surface area contributed by atoms with E-state index >= 15 is 0 Å². The van der Waals surface area contributed by atoms with Crippen molar-refractivity contribution in [1.29, 1.82) is 5.41 Å². The molecule has 0 aliphatic carbocycles. The van der Waals surface area contributed by atoms with Gasteiger partial charge in [0.05, 0.1) is 0 Å². The minimum absolute atomic E-state index is 0. The third-order valence-corrected chi connectivity index (χ3v) is 1.36. The van der Waals surface area contributed by atoms with Gasteiger partial charge in [-0.1, -0.05) is 6.92 Å². The highest BCUT2D eigenvalue weighted by molar-refractivity contribution is 5.85. The molecule has 0 aliphatic rings. The zero-order valence-corrected chi connectivity index (χ0v) is 8.97. The maximum absolute atomic E-state index is 7.00. The number of hydrogen-bond donors (Lipinski definition) is 1. The van der Waals surface area contributed by atoms with Gasteiger partial charge in [0.2, 0.25) is 0 Å². The summed E-state index contributed by atoms with van der Waals surface area (Å²) in [6.07, 6.45) is 2.60. The standard InChI is InChI=1S/C7H16N2.2ClH/c1-4-7(5-8)6-9(2)3;;/h5,7-8H,4,6H2,1-3H3;2*1H/t7-;;/m1../s1.